The summed E-state index contributed by atoms with van der Waals surface area (Å²) in [6.45, 7) is 4.76. The SMILES string of the molecule is CC(C)CCn1c(SCCCS(N)(=O)=O)nc2cc(Cl)ccc2c1=O. The number of hydrogen-bond acceptors (Lipinski definition) is 5. The number of halogens is 1. The van der Waals surface area contributed by atoms with E-state index >= 15 is 0 Å². The molecule has 1 heterocycles. The highest BCUT2D eigenvalue weighted by molar-refractivity contribution is 7.99. The average molecular weight is 404 g/mol. The molecular formula is C16H22ClN3O3S2. The molecule has 0 fully saturated rings. The molecule has 1 aromatic carbocycles. The molecule has 2 N–H and O–H groups in total. The van der Waals surface area contributed by atoms with Crippen LogP contribution in [0.3, 0.4) is 0 Å². The van der Waals surface area contributed by atoms with Gasteiger partial charge < -0.3 is 0 Å². The van der Waals surface area contributed by atoms with Crippen LogP contribution in [0.25, 0.3) is 10.9 Å². The molecule has 0 aliphatic carbocycles. The first kappa shape index (κ1) is 20.2. The zero-order valence-electron chi connectivity index (χ0n) is 14.2. The van der Waals surface area contributed by atoms with Crippen LogP contribution < -0.4 is 10.7 Å². The van der Waals surface area contributed by atoms with E-state index in [2.05, 4.69) is 18.8 Å². The number of hydrogen-bond donors (Lipinski definition) is 1. The summed E-state index contributed by atoms with van der Waals surface area (Å²) in [4.78, 5) is 17.4. The van der Waals surface area contributed by atoms with Gasteiger partial charge in [-0.25, -0.2) is 18.5 Å². The Morgan fingerprint density at radius 1 is 1.36 bits per heavy atom. The lowest BCUT2D eigenvalue weighted by Crippen LogP contribution is -2.24. The Bertz CT molecular complexity index is 911. The highest BCUT2D eigenvalue weighted by Gasteiger charge is 2.13. The van der Waals surface area contributed by atoms with Crippen molar-refractivity contribution < 1.29 is 8.42 Å². The third-order valence-corrected chi connectivity index (χ3v) is 5.77. The third kappa shape index (κ3) is 5.99. The quantitative estimate of drug-likeness (QED) is 0.415. The molecule has 9 heteroatoms. The van der Waals surface area contributed by atoms with E-state index in [4.69, 9.17) is 16.7 Å². The van der Waals surface area contributed by atoms with Crippen LogP contribution in [0.15, 0.2) is 28.2 Å². The standard InChI is InChI=1S/C16H22ClN3O3S2/c1-11(2)6-7-20-15(21)13-5-4-12(17)10-14(13)19-16(20)24-8-3-9-25(18,22)23/h4-5,10-11H,3,6-9H2,1-2H3,(H2,18,22,23). The Kier molecular flexibility index (Phi) is 6.90. The molecule has 0 spiro atoms. The first-order valence-electron chi connectivity index (χ1n) is 8.01. The van der Waals surface area contributed by atoms with Crippen molar-refractivity contribution in [3.8, 4) is 0 Å². The first-order valence-corrected chi connectivity index (χ1v) is 11.1. The van der Waals surface area contributed by atoms with Crippen molar-refractivity contribution in [3.63, 3.8) is 0 Å². The van der Waals surface area contributed by atoms with Crippen LogP contribution in [-0.2, 0) is 16.6 Å². The third-order valence-electron chi connectivity index (χ3n) is 3.62. The lowest BCUT2D eigenvalue weighted by Gasteiger charge is -2.14. The number of fused-ring (bicyclic) bond motifs is 1. The topological polar surface area (TPSA) is 95.1 Å². The predicted octanol–water partition coefficient (Wildman–Crippen LogP) is 2.87. The van der Waals surface area contributed by atoms with Crippen molar-refractivity contribution in [1.29, 1.82) is 0 Å². The second kappa shape index (κ2) is 8.53. The molecular weight excluding hydrogens is 382 g/mol. The van der Waals surface area contributed by atoms with E-state index in [1.807, 2.05) is 0 Å². The van der Waals surface area contributed by atoms with E-state index in [1.54, 1.807) is 22.8 Å². The minimum atomic E-state index is -3.48. The fourth-order valence-corrected chi connectivity index (χ4v) is 4.15. The second-order valence-corrected chi connectivity index (χ2v) is 9.50. The molecule has 0 radical (unpaired) electrons. The summed E-state index contributed by atoms with van der Waals surface area (Å²) in [6.07, 6.45) is 1.25. The van der Waals surface area contributed by atoms with Crippen LogP contribution in [0.4, 0.5) is 0 Å². The van der Waals surface area contributed by atoms with Gasteiger partial charge >= 0.3 is 0 Å². The van der Waals surface area contributed by atoms with Crippen LogP contribution in [0, 0.1) is 5.92 Å². The van der Waals surface area contributed by atoms with Gasteiger partial charge in [0.15, 0.2) is 5.16 Å². The van der Waals surface area contributed by atoms with Crippen molar-refractivity contribution in [3.05, 3.63) is 33.6 Å². The molecule has 2 rings (SSSR count). The zero-order valence-corrected chi connectivity index (χ0v) is 16.6. The Morgan fingerprint density at radius 2 is 2.08 bits per heavy atom. The van der Waals surface area contributed by atoms with Crippen molar-refractivity contribution >= 4 is 44.3 Å². The van der Waals surface area contributed by atoms with Gasteiger partial charge in [0.1, 0.15) is 0 Å². The number of thioether (sulfide) groups is 1. The number of primary sulfonamides is 1. The van der Waals surface area contributed by atoms with Gasteiger partial charge in [-0.15, -0.1) is 0 Å². The monoisotopic (exact) mass is 403 g/mol. The van der Waals surface area contributed by atoms with E-state index in [-0.39, 0.29) is 11.3 Å². The first-order chi connectivity index (χ1) is 11.7. The Hall–Kier alpha value is -1.09. The van der Waals surface area contributed by atoms with Crippen LogP contribution >= 0.6 is 23.4 Å². The molecule has 0 bridgehead atoms. The minimum absolute atomic E-state index is 0.0877. The Morgan fingerprint density at radius 3 is 2.72 bits per heavy atom. The number of rotatable bonds is 8. The van der Waals surface area contributed by atoms with E-state index in [9.17, 15) is 13.2 Å². The minimum Gasteiger partial charge on any atom is -0.287 e. The Labute approximate surface area is 156 Å². The van der Waals surface area contributed by atoms with Gasteiger partial charge in [0.2, 0.25) is 10.0 Å². The average Bonchev–Trinajstić information content (AvgIpc) is 2.49. The van der Waals surface area contributed by atoms with E-state index in [0.29, 0.717) is 45.7 Å². The largest absolute Gasteiger partial charge is 0.287 e. The summed E-state index contributed by atoms with van der Waals surface area (Å²) >= 11 is 7.37. The maximum Gasteiger partial charge on any atom is 0.262 e. The predicted molar refractivity (Wildman–Crippen MR) is 104 cm³/mol. The number of benzene rings is 1. The Balaban J connectivity index is 2.33. The summed E-state index contributed by atoms with van der Waals surface area (Å²) in [5.74, 6) is 0.875. The molecule has 0 saturated heterocycles. The van der Waals surface area contributed by atoms with Crippen molar-refractivity contribution in [2.24, 2.45) is 11.1 Å². The number of nitrogens with two attached hydrogens (primary N) is 1. The van der Waals surface area contributed by atoms with Gasteiger partial charge in [-0.2, -0.15) is 0 Å². The molecule has 2 aromatic rings. The van der Waals surface area contributed by atoms with Crippen LogP contribution in [0.1, 0.15) is 26.7 Å². The maximum atomic E-state index is 12.8. The second-order valence-electron chi connectivity index (χ2n) is 6.26. The number of nitrogens with zero attached hydrogens (tertiary/aromatic N) is 2. The zero-order chi connectivity index (χ0) is 18.6. The highest BCUT2D eigenvalue weighted by Crippen LogP contribution is 2.21. The van der Waals surface area contributed by atoms with Gasteiger partial charge in [-0.3, -0.25) is 9.36 Å². The fourth-order valence-electron chi connectivity index (χ4n) is 2.29. The molecule has 1 aromatic heterocycles. The van der Waals surface area contributed by atoms with E-state index in [1.165, 1.54) is 11.8 Å². The smallest absolute Gasteiger partial charge is 0.262 e. The van der Waals surface area contributed by atoms with Crippen molar-refractivity contribution in [2.75, 3.05) is 11.5 Å². The molecule has 6 nitrogen and oxygen atoms in total. The fraction of sp³-hybridized carbons (Fsp3) is 0.500. The molecule has 0 aliphatic heterocycles. The summed E-state index contributed by atoms with van der Waals surface area (Å²) < 4.78 is 23.7. The van der Waals surface area contributed by atoms with Gasteiger partial charge in [0, 0.05) is 17.3 Å². The summed E-state index contributed by atoms with van der Waals surface area (Å²) in [5.41, 5.74) is 0.448. The van der Waals surface area contributed by atoms with Gasteiger partial charge in [-0.05, 0) is 37.0 Å². The molecule has 0 aliphatic rings. The maximum absolute atomic E-state index is 12.8. The molecule has 25 heavy (non-hydrogen) atoms. The van der Waals surface area contributed by atoms with Gasteiger partial charge in [0.05, 0.1) is 16.7 Å². The highest BCUT2D eigenvalue weighted by atomic mass is 35.5. The number of sulfonamides is 1. The lowest BCUT2D eigenvalue weighted by molar-refractivity contribution is 0.481. The summed E-state index contributed by atoms with van der Waals surface area (Å²) in [5, 5.41) is 6.64. The molecule has 0 amide bonds. The molecule has 138 valence electrons. The summed E-state index contributed by atoms with van der Waals surface area (Å²) in [6, 6.07) is 5.03. The van der Waals surface area contributed by atoms with Gasteiger partial charge in [0.25, 0.3) is 5.56 Å². The summed E-state index contributed by atoms with van der Waals surface area (Å²) in [7, 11) is -3.48. The van der Waals surface area contributed by atoms with Crippen molar-refractivity contribution in [1.82, 2.24) is 9.55 Å². The van der Waals surface area contributed by atoms with Gasteiger partial charge in [-0.1, -0.05) is 37.2 Å². The molecule has 0 saturated carbocycles. The van der Waals surface area contributed by atoms with Crippen LogP contribution in [0.2, 0.25) is 5.02 Å². The van der Waals surface area contributed by atoms with E-state index < -0.39 is 10.0 Å². The van der Waals surface area contributed by atoms with E-state index in [0.717, 1.165) is 6.42 Å². The molecule has 0 atom stereocenters. The van der Waals surface area contributed by atoms with Crippen LogP contribution in [0.5, 0.6) is 0 Å². The molecule has 0 unspecified atom stereocenters. The van der Waals surface area contributed by atoms with Crippen LogP contribution in [-0.4, -0.2) is 29.5 Å². The number of aromatic nitrogens is 2. The normalized spacial score (nSPS) is 12.2. The van der Waals surface area contributed by atoms with Crippen molar-refractivity contribution in [2.45, 2.75) is 38.4 Å². The lowest BCUT2D eigenvalue weighted by atomic mass is 10.1.